The molecule has 2 aromatic heterocycles. The molecule has 0 aliphatic heterocycles. The smallest absolute Gasteiger partial charge is 0.152 e. The van der Waals surface area contributed by atoms with Crippen LogP contribution in [0.2, 0.25) is 0 Å². The summed E-state index contributed by atoms with van der Waals surface area (Å²) in [7, 11) is 1.97. The predicted molar refractivity (Wildman–Crippen MR) is 91.5 cm³/mol. The molecule has 6 heteroatoms. The molecule has 0 saturated heterocycles. The number of aromatic nitrogens is 3. The van der Waals surface area contributed by atoms with Crippen molar-refractivity contribution in [2.75, 3.05) is 12.3 Å². The summed E-state index contributed by atoms with van der Waals surface area (Å²) in [6.07, 6.45) is 0.0734. The zero-order valence-corrected chi connectivity index (χ0v) is 14.0. The van der Waals surface area contributed by atoms with Gasteiger partial charge in [0.2, 0.25) is 0 Å². The molecule has 1 aromatic carbocycles. The van der Waals surface area contributed by atoms with Gasteiger partial charge in [0.1, 0.15) is 23.7 Å². The second-order valence-corrected chi connectivity index (χ2v) is 5.74. The molecule has 0 spiro atoms. The number of nitrogens with zero attached hydrogens (tertiary/aromatic N) is 3. The van der Waals surface area contributed by atoms with Gasteiger partial charge in [-0.1, -0.05) is 6.07 Å². The summed E-state index contributed by atoms with van der Waals surface area (Å²) in [5.41, 5.74) is 8.54. The molecule has 2 heterocycles. The van der Waals surface area contributed by atoms with Gasteiger partial charge in [-0.05, 0) is 32.9 Å². The third-order valence-corrected chi connectivity index (χ3v) is 3.71. The Labute approximate surface area is 135 Å². The largest absolute Gasteiger partial charge is 0.490 e. The van der Waals surface area contributed by atoms with Crippen LogP contribution in [0.15, 0.2) is 18.2 Å². The molecular weight excluding hydrogens is 292 g/mol. The van der Waals surface area contributed by atoms with Crippen molar-refractivity contribution in [1.29, 1.82) is 0 Å². The number of fused-ring (bicyclic) bond motifs is 3. The number of hydrogen-bond donors (Lipinski definition) is 1. The topological polar surface area (TPSA) is 75.2 Å². The molecule has 2 N–H and O–H groups in total. The molecule has 0 bridgehead atoms. The first-order valence-corrected chi connectivity index (χ1v) is 7.80. The second kappa shape index (κ2) is 6.04. The van der Waals surface area contributed by atoms with Crippen LogP contribution in [0.1, 0.15) is 26.6 Å². The number of pyridine rings is 1. The summed E-state index contributed by atoms with van der Waals surface area (Å²) in [6, 6.07) is 5.82. The molecule has 0 atom stereocenters. The van der Waals surface area contributed by atoms with Crippen LogP contribution in [0.4, 0.5) is 5.82 Å². The van der Waals surface area contributed by atoms with Gasteiger partial charge in [-0.25, -0.2) is 9.97 Å². The molecule has 0 unspecified atom stereocenters. The minimum Gasteiger partial charge on any atom is -0.490 e. The van der Waals surface area contributed by atoms with Crippen LogP contribution in [0.25, 0.3) is 21.9 Å². The van der Waals surface area contributed by atoms with Crippen molar-refractivity contribution in [3.63, 3.8) is 0 Å². The van der Waals surface area contributed by atoms with Crippen molar-refractivity contribution in [3.05, 3.63) is 24.0 Å². The summed E-state index contributed by atoms with van der Waals surface area (Å²) < 4.78 is 13.5. The highest BCUT2D eigenvalue weighted by atomic mass is 16.5. The van der Waals surface area contributed by atoms with Gasteiger partial charge in [0.25, 0.3) is 0 Å². The lowest BCUT2D eigenvalue weighted by Gasteiger charge is -2.13. The van der Waals surface area contributed by atoms with Crippen LogP contribution in [0.3, 0.4) is 0 Å². The third-order valence-electron chi connectivity index (χ3n) is 3.71. The van der Waals surface area contributed by atoms with Crippen LogP contribution < -0.4 is 10.5 Å². The Hall–Kier alpha value is -2.34. The monoisotopic (exact) mass is 314 g/mol. The van der Waals surface area contributed by atoms with Crippen LogP contribution in [0, 0.1) is 0 Å². The quantitative estimate of drug-likeness (QED) is 0.783. The molecular formula is C17H22N4O2. The fourth-order valence-electron chi connectivity index (χ4n) is 2.72. The lowest BCUT2D eigenvalue weighted by atomic mass is 10.1. The fourth-order valence-corrected chi connectivity index (χ4v) is 2.72. The molecule has 3 rings (SSSR count). The lowest BCUT2D eigenvalue weighted by Crippen LogP contribution is -2.07. The van der Waals surface area contributed by atoms with Crippen molar-refractivity contribution in [3.8, 4) is 5.75 Å². The van der Waals surface area contributed by atoms with Crippen molar-refractivity contribution in [1.82, 2.24) is 14.5 Å². The highest BCUT2D eigenvalue weighted by Crippen LogP contribution is 2.34. The Kier molecular flexibility index (Phi) is 4.09. The number of imidazole rings is 1. The van der Waals surface area contributed by atoms with Crippen molar-refractivity contribution < 1.29 is 9.47 Å². The van der Waals surface area contributed by atoms with Gasteiger partial charge in [0.05, 0.1) is 22.5 Å². The number of aryl methyl sites for hydroxylation is 1. The van der Waals surface area contributed by atoms with Crippen LogP contribution in [-0.4, -0.2) is 27.2 Å². The molecule has 122 valence electrons. The number of ether oxygens (including phenoxy) is 2. The minimum atomic E-state index is 0.0734. The summed E-state index contributed by atoms with van der Waals surface area (Å²) in [5.74, 6) is 2.04. The van der Waals surface area contributed by atoms with E-state index in [1.165, 1.54) is 0 Å². The van der Waals surface area contributed by atoms with Crippen LogP contribution in [0.5, 0.6) is 5.75 Å². The Morgan fingerprint density at radius 3 is 2.74 bits per heavy atom. The number of hydrogen-bond acceptors (Lipinski definition) is 5. The van der Waals surface area contributed by atoms with Gasteiger partial charge in [0.15, 0.2) is 5.82 Å². The summed E-state index contributed by atoms with van der Waals surface area (Å²) >= 11 is 0. The standard InChI is InChI=1S/C17H22N4O2/c1-5-22-9-13-20-15-16(21(13)4)14-11(19-17(15)18)7-6-8-12(14)23-10(2)3/h6-8,10H,5,9H2,1-4H3,(H2,18,19). The first-order valence-electron chi connectivity index (χ1n) is 7.80. The maximum Gasteiger partial charge on any atom is 0.152 e. The minimum absolute atomic E-state index is 0.0734. The van der Waals surface area contributed by atoms with E-state index in [-0.39, 0.29) is 6.10 Å². The van der Waals surface area contributed by atoms with Gasteiger partial charge in [-0.3, -0.25) is 0 Å². The Bertz CT molecular complexity index is 855. The number of nitrogen functional groups attached to an aromatic ring is 1. The van der Waals surface area contributed by atoms with Gasteiger partial charge >= 0.3 is 0 Å². The van der Waals surface area contributed by atoms with E-state index in [9.17, 15) is 0 Å². The maximum atomic E-state index is 6.12. The van der Waals surface area contributed by atoms with Crippen molar-refractivity contribution in [2.45, 2.75) is 33.5 Å². The number of benzene rings is 1. The zero-order valence-electron chi connectivity index (χ0n) is 14.0. The van der Waals surface area contributed by atoms with E-state index in [4.69, 9.17) is 15.2 Å². The molecule has 6 nitrogen and oxygen atoms in total. The molecule has 0 fully saturated rings. The Morgan fingerprint density at radius 1 is 1.26 bits per heavy atom. The van der Waals surface area contributed by atoms with Gasteiger partial charge in [-0.2, -0.15) is 0 Å². The number of rotatable bonds is 5. The summed E-state index contributed by atoms with van der Waals surface area (Å²) in [4.78, 5) is 9.10. The molecule has 0 saturated carbocycles. The van der Waals surface area contributed by atoms with E-state index in [0.717, 1.165) is 28.0 Å². The first kappa shape index (κ1) is 15.6. The van der Waals surface area contributed by atoms with Gasteiger partial charge in [0, 0.05) is 13.7 Å². The zero-order chi connectivity index (χ0) is 16.6. The normalized spacial score (nSPS) is 11.7. The Morgan fingerprint density at radius 2 is 2.04 bits per heavy atom. The van der Waals surface area contributed by atoms with E-state index in [1.807, 2.05) is 50.6 Å². The van der Waals surface area contributed by atoms with E-state index < -0.39 is 0 Å². The number of nitrogens with two attached hydrogens (primary N) is 1. The fraction of sp³-hybridized carbons (Fsp3) is 0.412. The van der Waals surface area contributed by atoms with E-state index in [0.29, 0.717) is 24.5 Å². The predicted octanol–water partition coefficient (Wildman–Crippen LogP) is 3.03. The van der Waals surface area contributed by atoms with E-state index in [2.05, 4.69) is 9.97 Å². The van der Waals surface area contributed by atoms with E-state index in [1.54, 1.807) is 0 Å². The molecule has 23 heavy (non-hydrogen) atoms. The average molecular weight is 314 g/mol. The van der Waals surface area contributed by atoms with Crippen molar-refractivity contribution >= 4 is 27.8 Å². The average Bonchev–Trinajstić information content (AvgIpc) is 2.83. The number of anilines is 1. The second-order valence-electron chi connectivity index (χ2n) is 5.74. The maximum absolute atomic E-state index is 6.12. The molecule has 3 aromatic rings. The van der Waals surface area contributed by atoms with Crippen LogP contribution >= 0.6 is 0 Å². The molecule has 0 radical (unpaired) electrons. The molecule has 0 aliphatic rings. The first-order chi connectivity index (χ1) is 11.0. The lowest BCUT2D eigenvalue weighted by molar-refractivity contribution is 0.126. The SMILES string of the molecule is CCOCc1nc2c(N)nc3cccc(OC(C)C)c3c2n1C. The molecule has 0 amide bonds. The van der Waals surface area contributed by atoms with Crippen molar-refractivity contribution in [2.24, 2.45) is 7.05 Å². The Balaban J connectivity index is 2.32. The summed E-state index contributed by atoms with van der Waals surface area (Å²) in [6.45, 7) is 7.05. The van der Waals surface area contributed by atoms with Crippen LogP contribution in [-0.2, 0) is 18.4 Å². The van der Waals surface area contributed by atoms with Gasteiger partial charge < -0.3 is 19.8 Å². The van der Waals surface area contributed by atoms with Gasteiger partial charge in [-0.15, -0.1) is 0 Å². The molecule has 0 aliphatic carbocycles. The third kappa shape index (κ3) is 2.70. The highest BCUT2D eigenvalue weighted by molar-refractivity contribution is 6.09. The van der Waals surface area contributed by atoms with E-state index >= 15 is 0 Å². The highest BCUT2D eigenvalue weighted by Gasteiger charge is 2.18. The summed E-state index contributed by atoms with van der Waals surface area (Å²) in [5, 5.41) is 0.933.